The maximum Gasteiger partial charge on any atom is 0.273 e. The molecule has 4 heteroatoms. The molecule has 2 heterocycles. The summed E-state index contributed by atoms with van der Waals surface area (Å²) in [5.41, 5.74) is 1.16. The van der Waals surface area contributed by atoms with Crippen molar-refractivity contribution in [1.82, 2.24) is 10.3 Å². The molecule has 0 amide bonds. The van der Waals surface area contributed by atoms with Gasteiger partial charge in [0.2, 0.25) is 0 Å². The van der Waals surface area contributed by atoms with Crippen LogP contribution in [0.5, 0.6) is 5.19 Å². The van der Waals surface area contributed by atoms with E-state index in [1.54, 1.807) is 11.3 Å². The first-order chi connectivity index (χ1) is 6.88. The molecule has 0 bridgehead atoms. The van der Waals surface area contributed by atoms with E-state index in [4.69, 9.17) is 4.74 Å². The van der Waals surface area contributed by atoms with Crippen LogP contribution in [-0.2, 0) is 6.42 Å². The molecule has 1 N–H and O–H groups in total. The summed E-state index contributed by atoms with van der Waals surface area (Å²) < 4.78 is 5.34. The summed E-state index contributed by atoms with van der Waals surface area (Å²) in [5, 5.41) is 6.38. The Bertz CT molecular complexity index is 281. The van der Waals surface area contributed by atoms with Crippen molar-refractivity contribution in [3.63, 3.8) is 0 Å². The fraction of sp³-hybridized carbons (Fsp3) is 0.700. The number of ether oxygens (including phenoxy) is 1. The summed E-state index contributed by atoms with van der Waals surface area (Å²) in [6.07, 6.45) is 3.62. The highest BCUT2D eigenvalue weighted by Crippen LogP contribution is 2.20. The van der Waals surface area contributed by atoms with Crippen molar-refractivity contribution in [1.29, 1.82) is 0 Å². The lowest BCUT2D eigenvalue weighted by molar-refractivity contribution is 0.337. The number of nitrogens with one attached hydrogen (secondary N) is 1. The largest absolute Gasteiger partial charge is 0.470 e. The summed E-state index contributed by atoms with van der Waals surface area (Å²) in [5.74, 6) is 0. The molecule has 0 aliphatic carbocycles. The minimum absolute atomic E-state index is 0.631. The number of aromatic nitrogens is 1. The van der Waals surface area contributed by atoms with Gasteiger partial charge in [-0.3, -0.25) is 0 Å². The lowest BCUT2D eigenvalue weighted by Crippen LogP contribution is -2.23. The van der Waals surface area contributed by atoms with E-state index in [2.05, 4.69) is 15.7 Å². The van der Waals surface area contributed by atoms with Crippen molar-refractivity contribution in [3.05, 3.63) is 11.1 Å². The van der Waals surface area contributed by atoms with Crippen LogP contribution in [0.25, 0.3) is 0 Å². The molecule has 1 fully saturated rings. The molecule has 78 valence electrons. The predicted octanol–water partition coefficient (Wildman–Crippen LogP) is 1.84. The van der Waals surface area contributed by atoms with Crippen LogP contribution in [-0.4, -0.2) is 24.2 Å². The molecule has 0 spiro atoms. The molecule has 1 atom stereocenters. The van der Waals surface area contributed by atoms with Gasteiger partial charge in [-0.15, -0.1) is 0 Å². The van der Waals surface area contributed by atoms with Gasteiger partial charge < -0.3 is 10.1 Å². The fourth-order valence-corrected chi connectivity index (χ4v) is 2.50. The monoisotopic (exact) mass is 212 g/mol. The van der Waals surface area contributed by atoms with Gasteiger partial charge in [-0.1, -0.05) is 11.3 Å². The van der Waals surface area contributed by atoms with Crippen LogP contribution < -0.4 is 10.1 Å². The second-order valence-electron chi connectivity index (χ2n) is 3.54. The molecule has 1 aliphatic heterocycles. The SMILES string of the molecule is CCOc1nc(CC2CCCN2)cs1. The normalized spacial score (nSPS) is 21.4. The minimum atomic E-state index is 0.631. The Hall–Kier alpha value is -0.610. The van der Waals surface area contributed by atoms with Gasteiger partial charge in [-0.05, 0) is 26.3 Å². The standard InChI is InChI=1S/C10H16N2OS/c1-2-13-10-12-9(7-14-10)6-8-4-3-5-11-8/h7-8,11H,2-6H2,1H3. The molecule has 1 unspecified atom stereocenters. The molecule has 1 aromatic rings. The van der Waals surface area contributed by atoms with E-state index in [0.717, 1.165) is 23.9 Å². The second kappa shape index (κ2) is 4.75. The highest BCUT2D eigenvalue weighted by Gasteiger charge is 2.15. The summed E-state index contributed by atoms with van der Waals surface area (Å²) in [4.78, 5) is 4.42. The van der Waals surface area contributed by atoms with Crippen molar-refractivity contribution >= 4 is 11.3 Å². The quantitative estimate of drug-likeness (QED) is 0.827. The lowest BCUT2D eigenvalue weighted by Gasteiger charge is -2.06. The van der Waals surface area contributed by atoms with E-state index in [1.165, 1.54) is 12.8 Å². The van der Waals surface area contributed by atoms with Gasteiger partial charge >= 0.3 is 0 Å². The van der Waals surface area contributed by atoms with Crippen molar-refractivity contribution in [2.75, 3.05) is 13.2 Å². The van der Waals surface area contributed by atoms with Crippen molar-refractivity contribution in [2.45, 2.75) is 32.2 Å². The third-order valence-electron chi connectivity index (χ3n) is 2.42. The molecule has 3 nitrogen and oxygen atoms in total. The summed E-state index contributed by atoms with van der Waals surface area (Å²) in [6.45, 7) is 3.85. The van der Waals surface area contributed by atoms with Crippen molar-refractivity contribution < 1.29 is 4.74 Å². The Labute approximate surface area is 88.5 Å². The number of hydrogen-bond donors (Lipinski definition) is 1. The van der Waals surface area contributed by atoms with E-state index in [0.29, 0.717) is 12.6 Å². The van der Waals surface area contributed by atoms with Crippen molar-refractivity contribution in [2.24, 2.45) is 0 Å². The summed E-state index contributed by atoms with van der Waals surface area (Å²) in [6, 6.07) is 0.631. The molecular weight excluding hydrogens is 196 g/mol. The number of rotatable bonds is 4. The van der Waals surface area contributed by atoms with E-state index in [-0.39, 0.29) is 0 Å². The molecule has 0 radical (unpaired) electrons. The molecule has 14 heavy (non-hydrogen) atoms. The maximum atomic E-state index is 5.34. The van der Waals surface area contributed by atoms with Crippen LogP contribution in [0, 0.1) is 0 Å². The third kappa shape index (κ3) is 2.45. The van der Waals surface area contributed by atoms with Crippen molar-refractivity contribution in [3.8, 4) is 5.19 Å². The van der Waals surface area contributed by atoms with Gasteiger partial charge in [0.25, 0.3) is 5.19 Å². The van der Waals surface area contributed by atoms with Gasteiger partial charge in [0.15, 0.2) is 0 Å². The molecular formula is C10H16N2OS. The highest BCUT2D eigenvalue weighted by atomic mass is 32.1. The van der Waals surface area contributed by atoms with Gasteiger partial charge in [-0.25, -0.2) is 4.98 Å². The second-order valence-corrected chi connectivity index (χ2v) is 4.36. The van der Waals surface area contributed by atoms with Gasteiger partial charge in [-0.2, -0.15) is 0 Å². The first-order valence-corrected chi connectivity index (χ1v) is 6.07. The Morgan fingerprint density at radius 3 is 3.36 bits per heavy atom. The zero-order valence-electron chi connectivity index (χ0n) is 8.45. The zero-order chi connectivity index (χ0) is 9.80. The molecule has 1 saturated heterocycles. The maximum absolute atomic E-state index is 5.34. The highest BCUT2D eigenvalue weighted by molar-refractivity contribution is 7.11. The summed E-state index contributed by atoms with van der Waals surface area (Å²) in [7, 11) is 0. The molecule has 0 aromatic carbocycles. The molecule has 0 saturated carbocycles. The zero-order valence-corrected chi connectivity index (χ0v) is 9.27. The smallest absolute Gasteiger partial charge is 0.273 e. The Morgan fingerprint density at radius 2 is 2.64 bits per heavy atom. The Morgan fingerprint density at radius 1 is 1.71 bits per heavy atom. The number of nitrogens with zero attached hydrogens (tertiary/aromatic N) is 1. The topological polar surface area (TPSA) is 34.1 Å². The Kier molecular flexibility index (Phi) is 3.37. The number of thiazole rings is 1. The van der Waals surface area contributed by atoms with Gasteiger partial charge in [0.05, 0.1) is 12.3 Å². The van der Waals surface area contributed by atoms with E-state index in [9.17, 15) is 0 Å². The fourth-order valence-electron chi connectivity index (χ4n) is 1.76. The van der Waals surface area contributed by atoms with E-state index in [1.807, 2.05) is 6.92 Å². The summed E-state index contributed by atoms with van der Waals surface area (Å²) >= 11 is 1.60. The molecule has 1 aromatic heterocycles. The average Bonchev–Trinajstić information content (AvgIpc) is 2.79. The van der Waals surface area contributed by atoms with Crippen LogP contribution in [0.2, 0.25) is 0 Å². The first-order valence-electron chi connectivity index (χ1n) is 5.19. The molecule has 1 aliphatic rings. The van der Waals surface area contributed by atoms with Crippen LogP contribution in [0.3, 0.4) is 0 Å². The van der Waals surface area contributed by atoms with Crippen LogP contribution in [0.15, 0.2) is 5.38 Å². The predicted molar refractivity (Wildman–Crippen MR) is 58.0 cm³/mol. The van der Waals surface area contributed by atoms with Crippen LogP contribution in [0.1, 0.15) is 25.5 Å². The van der Waals surface area contributed by atoms with Crippen LogP contribution in [0.4, 0.5) is 0 Å². The van der Waals surface area contributed by atoms with E-state index < -0.39 is 0 Å². The lowest BCUT2D eigenvalue weighted by atomic mass is 10.1. The third-order valence-corrected chi connectivity index (χ3v) is 3.22. The average molecular weight is 212 g/mol. The Balaban J connectivity index is 1.88. The van der Waals surface area contributed by atoms with E-state index >= 15 is 0 Å². The van der Waals surface area contributed by atoms with Gasteiger partial charge in [0, 0.05) is 17.8 Å². The van der Waals surface area contributed by atoms with Gasteiger partial charge in [0.1, 0.15) is 0 Å². The molecule has 2 rings (SSSR count). The first kappa shape index (κ1) is 9.93. The number of hydrogen-bond acceptors (Lipinski definition) is 4. The van der Waals surface area contributed by atoms with Crippen LogP contribution >= 0.6 is 11.3 Å². The minimum Gasteiger partial charge on any atom is -0.470 e.